The second kappa shape index (κ2) is 6.92. The smallest absolute Gasteiger partial charge is 0.328 e. The molecule has 0 bridgehead atoms. The Balaban J connectivity index is 1.89. The van der Waals surface area contributed by atoms with Gasteiger partial charge in [-0.1, -0.05) is 19.1 Å². The maximum absolute atomic E-state index is 11.6. The Hall–Kier alpha value is -2.30. The zero-order valence-corrected chi connectivity index (χ0v) is 12.0. The molecule has 21 heavy (non-hydrogen) atoms. The summed E-state index contributed by atoms with van der Waals surface area (Å²) in [5, 5.41) is 8.57. The lowest BCUT2D eigenvalue weighted by atomic mass is 10.2. The van der Waals surface area contributed by atoms with Crippen LogP contribution >= 0.6 is 0 Å². The van der Waals surface area contributed by atoms with Crippen molar-refractivity contribution >= 4 is 18.0 Å². The molecule has 0 spiro atoms. The molecule has 0 saturated carbocycles. The van der Waals surface area contributed by atoms with Crippen LogP contribution in [-0.2, 0) is 9.59 Å². The molecule has 1 atom stereocenters. The number of nitrogens with zero attached hydrogens (tertiary/aromatic N) is 1. The molecule has 0 radical (unpaired) electrons. The van der Waals surface area contributed by atoms with Gasteiger partial charge in [0, 0.05) is 25.5 Å². The van der Waals surface area contributed by atoms with Gasteiger partial charge in [-0.15, -0.1) is 0 Å². The molecule has 5 heteroatoms. The molecule has 1 aromatic carbocycles. The third-order valence-corrected chi connectivity index (χ3v) is 3.40. The fourth-order valence-electron chi connectivity index (χ4n) is 2.29. The third-order valence-electron chi connectivity index (χ3n) is 3.40. The van der Waals surface area contributed by atoms with Crippen molar-refractivity contribution in [2.75, 3.05) is 13.1 Å². The summed E-state index contributed by atoms with van der Waals surface area (Å²) in [6, 6.07) is 7.23. The average Bonchev–Trinajstić information content (AvgIpc) is 2.94. The highest BCUT2D eigenvalue weighted by Crippen LogP contribution is 2.20. The van der Waals surface area contributed by atoms with Gasteiger partial charge >= 0.3 is 5.97 Å². The Morgan fingerprint density at radius 1 is 1.38 bits per heavy atom. The van der Waals surface area contributed by atoms with Crippen LogP contribution in [0.4, 0.5) is 0 Å². The SMILES string of the molecule is CCC(=O)N1CC[C@H](Oc2ccc(/C=C/C(=O)O)cc2)C1. The van der Waals surface area contributed by atoms with E-state index in [4.69, 9.17) is 9.84 Å². The van der Waals surface area contributed by atoms with Crippen LogP contribution in [0.2, 0.25) is 0 Å². The number of carbonyl (C=O) groups is 2. The zero-order valence-electron chi connectivity index (χ0n) is 12.0. The maximum Gasteiger partial charge on any atom is 0.328 e. The van der Waals surface area contributed by atoms with Crippen LogP contribution in [0.1, 0.15) is 25.3 Å². The van der Waals surface area contributed by atoms with E-state index in [-0.39, 0.29) is 12.0 Å². The first-order chi connectivity index (χ1) is 10.1. The van der Waals surface area contributed by atoms with E-state index < -0.39 is 5.97 Å². The number of carboxylic acids is 1. The number of ether oxygens (including phenoxy) is 1. The lowest BCUT2D eigenvalue weighted by molar-refractivity contribution is -0.131. The van der Waals surface area contributed by atoms with Crippen molar-refractivity contribution in [1.29, 1.82) is 0 Å². The monoisotopic (exact) mass is 289 g/mol. The van der Waals surface area contributed by atoms with Gasteiger partial charge in [0.2, 0.25) is 5.91 Å². The van der Waals surface area contributed by atoms with E-state index in [0.717, 1.165) is 30.4 Å². The van der Waals surface area contributed by atoms with Crippen molar-refractivity contribution in [2.45, 2.75) is 25.9 Å². The van der Waals surface area contributed by atoms with E-state index in [1.54, 1.807) is 12.1 Å². The second-order valence-electron chi connectivity index (χ2n) is 4.96. The minimum Gasteiger partial charge on any atom is -0.489 e. The van der Waals surface area contributed by atoms with Crippen molar-refractivity contribution < 1.29 is 19.4 Å². The molecule has 5 nitrogen and oxygen atoms in total. The molecular weight excluding hydrogens is 270 g/mol. The minimum atomic E-state index is -0.970. The molecule has 2 rings (SSSR count). The van der Waals surface area contributed by atoms with Crippen LogP contribution in [0.5, 0.6) is 5.75 Å². The van der Waals surface area contributed by atoms with Gasteiger partial charge in [0.25, 0.3) is 0 Å². The Kier molecular flexibility index (Phi) is 4.98. The first kappa shape index (κ1) is 15.1. The summed E-state index contributed by atoms with van der Waals surface area (Å²) in [6.45, 7) is 3.24. The van der Waals surface area contributed by atoms with E-state index in [1.807, 2.05) is 24.0 Å². The van der Waals surface area contributed by atoms with E-state index in [0.29, 0.717) is 13.0 Å². The molecule has 1 saturated heterocycles. The first-order valence-electron chi connectivity index (χ1n) is 7.04. The zero-order chi connectivity index (χ0) is 15.2. The van der Waals surface area contributed by atoms with E-state index in [2.05, 4.69) is 0 Å². The van der Waals surface area contributed by atoms with Crippen LogP contribution in [0.15, 0.2) is 30.3 Å². The topological polar surface area (TPSA) is 66.8 Å². The molecule has 1 N–H and O–H groups in total. The van der Waals surface area contributed by atoms with Gasteiger partial charge in [-0.05, 0) is 23.8 Å². The predicted molar refractivity (Wildman–Crippen MR) is 79.0 cm³/mol. The molecule has 1 aliphatic heterocycles. The number of amides is 1. The highest BCUT2D eigenvalue weighted by atomic mass is 16.5. The third kappa shape index (κ3) is 4.34. The van der Waals surface area contributed by atoms with Gasteiger partial charge in [-0.25, -0.2) is 4.79 Å². The lowest BCUT2D eigenvalue weighted by Gasteiger charge is -2.16. The number of likely N-dealkylation sites (tertiary alicyclic amines) is 1. The summed E-state index contributed by atoms with van der Waals surface area (Å²) in [6.07, 6.45) is 4.02. The van der Waals surface area contributed by atoms with Crippen molar-refractivity contribution in [3.63, 3.8) is 0 Å². The van der Waals surface area contributed by atoms with Crippen LogP contribution in [0, 0.1) is 0 Å². The standard InChI is InChI=1S/C16H19NO4/c1-2-15(18)17-10-9-14(11-17)21-13-6-3-12(4-7-13)5-8-16(19)20/h3-8,14H,2,9-11H2,1H3,(H,19,20)/b8-5+/t14-/m0/s1. The van der Waals surface area contributed by atoms with Gasteiger partial charge in [-0.2, -0.15) is 0 Å². The molecule has 1 heterocycles. The summed E-state index contributed by atoms with van der Waals surface area (Å²) in [4.78, 5) is 23.9. The largest absolute Gasteiger partial charge is 0.489 e. The molecule has 1 aromatic rings. The summed E-state index contributed by atoms with van der Waals surface area (Å²) in [5.41, 5.74) is 0.805. The number of carboxylic acid groups (broad SMARTS) is 1. The van der Waals surface area contributed by atoms with Gasteiger partial charge in [0.05, 0.1) is 6.54 Å². The quantitative estimate of drug-likeness (QED) is 0.844. The number of hydrogen-bond donors (Lipinski definition) is 1. The number of hydrogen-bond acceptors (Lipinski definition) is 3. The molecule has 1 aliphatic rings. The molecule has 0 aromatic heterocycles. The molecule has 1 amide bonds. The molecular formula is C16H19NO4. The highest BCUT2D eigenvalue weighted by molar-refractivity contribution is 5.85. The van der Waals surface area contributed by atoms with Crippen LogP contribution in [0.3, 0.4) is 0 Å². The van der Waals surface area contributed by atoms with E-state index in [1.165, 1.54) is 6.08 Å². The predicted octanol–water partition coefficient (Wildman–Crippen LogP) is 2.17. The summed E-state index contributed by atoms with van der Waals surface area (Å²) >= 11 is 0. The lowest BCUT2D eigenvalue weighted by Crippen LogP contribution is -2.30. The van der Waals surface area contributed by atoms with Gasteiger partial charge in [0.15, 0.2) is 0 Å². The normalized spacial score (nSPS) is 18.1. The molecule has 1 fully saturated rings. The van der Waals surface area contributed by atoms with Gasteiger partial charge in [0.1, 0.15) is 11.9 Å². The number of aliphatic carboxylic acids is 1. The van der Waals surface area contributed by atoms with E-state index >= 15 is 0 Å². The molecule has 112 valence electrons. The van der Waals surface area contributed by atoms with Crippen LogP contribution in [-0.4, -0.2) is 41.1 Å². The van der Waals surface area contributed by atoms with Crippen LogP contribution in [0.25, 0.3) is 6.08 Å². The Bertz CT molecular complexity index is 536. The second-order valence-corrected chi connectivity index (χ2v) is 4.96. The summed E-state index contributed by atoms with van der Waals surface area (Å²) in [7, 11) is 0. The highest BCUT2D eigenvalue weighted by Gasteiger charge is 2.26. The summed E-state index contributed by atoms with van der Waals surface area (Å²) in [5.74, 6) is -0.0736. The van der Waals surface area contributed by atoms with Gasteiger partial charge in [-0.3, -0.25) is 4.79 Å². The maximum atomic E-state index is 11.6. The number of carbonyl (C=O) groups excluding carboxylic acids is 1. The number of benzene rings is 1. The van der Waals surface area contributed by atoms with Crippen LogP contribution < -0.4 is 4.74 Å². The fraction of sp³-hybridized carbons (Fsp3) is 0.375. The van der Waals surface area contributed by atoms with Crippen molar-refractivity contribution in [3.05, 3.63) is 35.9 Å². The number of rotatable bonds is 5. The molecule has 0 unspecified atom stereocenters. The van der Waals surface area contributed by atoms with Gasteiger partial charge < -0.3 is 14.7 Å². The summed E-state index contributed by atoms with van der Waals surface area (Å²) < 4.78 is 5.85. The Labute approximate surface area is 123 Å². The minimum absolute atomic E-state index is 0.0286. The van der Waals surface area contributed by atoms with Crippen molar-refractivity contribution in [2.24, 2.45) is 0 Å². The molecule has 0 aliphatic carbocycles. The van der Waals surface area contributed by atoms with Crippen molar-refractivity contribution in [3.8, 4) is 5.75 Å². The average molecular weight is 289 g/mol. The Morgan fingerprint density at radius 2 is 2.10 bits per heavy atom. The fourth-order valence-corrected chi connectivity index (χ4v) is 2.29. The first-order valence-corrected chi connectivity index (χ1v) is 7.04. The van der Waals surface area contributed by atoms with Crippen molar-refractivity contribution in [1.82, 2.24) is 4.90 Å². The Morgan fingerprint density at radius 3 is 2.71 bits per heavy atom. The van der Waals surface area contributed by atoms with E-state index in [9.17, 15) is 9.59 Å².